The number of halogens is 2. The van der Waals surface area contributed by atoms with E-state index in [1.54, 1.807) is 6.07 Å². The summed E-state index contributed by atoms with van der Waals surface area (Å²) in [5.74, 6) is 0. The first-order valence-electron chi connectivity index (χ1n) is 5.33. The molecule has 0 amide bonds. The van der Waals surface area contributed by atoms with Gasteiger partial charge in [0.1, 0.15) is 0 Å². The van der Waals surface area contributed by atoms with Crippen LogP contribution in [0.5, 0.6) is 0 Å². The lowest BCUT2D eigenvalue weighted by atomic mass is 10.2. The summed E-state index contributed by atoms with van der Waals surface area (Å²) >= 11 is 5.79. The summed E-state index contributed by atoms with van der Waals surface area (Å²) in [6.45, 7) is 2.08. The molecule has 2 rings (SSSR count). The second kappa shape index (κ2) is 5.72. The summed E-state index contributed by atoms with van der Waals surface area (Å²) in [5, 5.41) is 12.2. The quantitative estimate of drug-likeness (QED) is 0.706. The van der Waals surface area contributed by atoms with Crippen molar-refractivity contribution in [3.05, 3.63) is 55.6 Å². The predicted molar refractivity (Wildman–Crippen MR) is 86.0 cm³/mol. The van der Waals surface area contributed by atoms with Gasteiger partial charge in [0.05, 0.1) is 17.3 Å². The molecule has 0 fully saturated rings. The van der Waals surface area contributed by atoms with Crippen molar-refractivity contribution in [3.63, 3.8) is 0 Å². The van der Waals surface area contributed by atoms with Gasteiger partial charge in [0.15, 0.2) is 0 Å². The molecule has 0 saturated carbocycles. The lowest BCUT2D eigenvalue weighted by Gasteiger charge is -2.12. The lowest BCUT2D eigenvalue weighted by Crippen LogP contribution is -1.95. The van der Waals surface area contributed by atoms with E-state index in [2.05, 4.69) is 62.9 Å². The normalized spacial score (nSPS) is 9.89. The number of hydrogen-bond donors (Lipinski definition) is 1. The highest BCUT2D eigenvalue weighted by Crippen LogP contribution is 2.29. The second-order valence-electron chi connectivity index (χ2n) is 3.84. The average Bonchev–Trinajstić information content (AvgIpc) is 2.37. The minimum atomic E-state index is 0.645. The molecule has 2 aromatic rings. The van der Waals surface area contributed by atoms with Crippen molar-refractivity contribution in [2.75, 3.05) is 5.32 Å². The summed E-state index contributed by atoms with van der Waals surface area (Å²) in [7, 11) is 0. The predicted octanol–water partition coefficient (Wildman–Crippen LogP) is 4.98. The minimum Gasteiger partial charge on any atom is -0.354 e. The number of benzene rings is 2. The van der Waals surface area contributed by atoms with Crippen LogP contribution in [0.2, 0.25) is 0 Å². The van der Waals surface area contributed by atoms with Gasteiger partial charge in [-0.05, 0) is 81.3 Å². The molecular formula is C14H10BrIN2. The van der Waals surface area contributed by atoms with Gasteiger partial charge >= 0.3 is 0 Å². The van der Waals surface area contributed by atoms with Crippen LogP contribution in [0.15, 0.2) is 40.9 Å². The Morgan fingerprint density at radius 2 is 2.00 bits per heavy atom. The van der Waals surface area contributed by atoms with Gasteiger partial charge in [-0.2, -0.15) is 5.26 Å². The molecule has 0 radical (unpaired) electrons. The van der Waals surface area contributed by atoms with Crippen LogP contribution in [0.25, 0.3) is 0 Å². The number of nitriles is 1. The molecule has 0 unspecified atom stereocenters. The SMILES string of the molecule is Cc1c(I)cccc1Nc1ccc(C#N)cc1Br. The van der Waals surface area contributed by atoms with Gasteiger partial charge < -0.3 is 5.32 Å². The van der Waals surface area contributed by atoms with Crippen molar-refractivity contribution < 1.29 is 0 Å². The Morgan fingerprint density at radius 1 is 1.22 bits per heavy atom. The molecule has 0 bridgehead atoms. The lowest BCUT2D eigenvalue weighted by molar-refractivity contribution is 1.39. The first kappa shape index (κ1) is 13.4. The molecule has 0 aromatic heterocycles. The van der Waals surface area contributed by atoms with Gasteiger partial charge in [0.25, 0.3) is 0 Å². The van der Waals surface area contributed by atoms with Crippen LogP contribution in [0.4, 0.5) is 11.4 Å². The molecule has 0 aliphatic heterocycles. The fraction of sp³-hybridized carbons (Fsp3) is 0.0714. The highest BCUT2D eigenvalue weighted by Gasteiger charge is 2.05. The van der Waals surface area contributed by atoms with Crippen LogP contribution in [0.1, 0.15) is 11.1 Å². The third kappa shape index (κ3) is 2.85. The first-order valence-corrected chi connectivity index (χ1v) is 7.21. The highest BCUT2D eigenvalue weighted by atomic mass is 127. The van der Waals surface area contributed by atoms with Crippen LogP contribution in [0.3, 0.4) is 0 Å². The molecule has 90 valence electrons. The van der Waals surface area contributed by atoms with Crippen molar-refractivity contribution >= 4 is 49.9 Å². The summed E-state index contributed by atoms with van der Waals surface area (Å²) < 4.78 is 2.11. The fourth-order valence-corrected chi connectivity index (χ4v) is 2.55. The van der Waals surface area contributed by atoms with E-state index in [0.29, 0.717) is 5.56 Å². The molecule has 0 heterocycles. The number of rotatable bonds is 2. The van der Waals surface area contributed by atoms with E-state index in [-0.39, 0.29) is 0 Å². The first-order chi connectivity index (χ1) is 8.61. The summed E-state index contributed by atoms with van der Waals surface area (Å²) in [6, 6.07) is 13.8. The third-order valence-corrected chi connectivity index (χ3v) is 4.46. The van der Waals surface area contributed by atoms with Gasteiger partial charge in [0.2, 0.25) is 0 Å². The largest absolute Gasteiger partial charge is 0.354 e. The summed E-state index contributed by atoms with van der Waals surface area (Å²) in [4.78, 5) is 0. The molecule has 18 heavy (non-hydrogen) atoms. The smallest absolute Gasteiger partial charge is 0.0992 e. The van der Waals surface area contributed by atoms with Gasteiger partial charge in [-0.25, -0.2) is 0 Å². The minimum absolute atomic E-state index is 0.645. The maximum absolute atomic E-state index is 8.83. The van der Waals surface area contributed by atoms with Gasteiger partial charge in [-0.1, -0.05) is 6.07 Å². The standard InChI is InChI=1S/C14H10BrIN2/c1-9-12(16)3-2-4-13(9)18-14-6-5-10(8-17)7-11(14)15/h2-7,18H,1H3. The molecule has 2 aromatic carbocycles. The topological polar surface area (TPSA) is 35.8 Å². The van der Waals surface area contributed by atoms with Crippen molar-refractivity contribution in [2.24, 2.45) is 0 Å². The molecule has 0 aliphatic carbocycles. The van der Waals surface area contributed by atoms with E-state index in [4.69, 9.17) is 5.26 Å². The Bertz CT molecular complexity index is 632. The van der Waals surface area contributed by atoms with Crippen LogP contribution in [-0.2, 0) is 0 Å². The van der Waals surface area contributed by atoms with Gasteiger partial charge in [-0.3, -0.25) is 0 Å². The Kier molecular flexibility index (Phi) is 4.25. The highest BCUT2D eigenvalue weighted by molar-refractivity contribution is 14.1. The Hall–Kier alpha value is -1.06. The molecule has 4 heteroatoms. The Balaban J connectivity index is 2.35. The van der Waals surface area contributed by atoms with Crippen LogP contribution < -0.4 is 5.32 Å². The molecule has 0 spiro atoms. The number of nitrogens with one attached hydrogen (secondary N) is 1. The maximum Gasteiger partial charge on any atom is 0.0992 e. The van der Waals surface area contributed by atoms with Crippen LogP contribution in [-0.4, -0.2) is 0 Å². The number of anilines is 2. The Labute approximate surface area is 128 Å². The molecule has 1 N–H and O–H groups in total. The molecule has 0 saturated heterocycles. The van der Waals surface area contributed by atoms with E-state index >= 15 is 0 Å². The zero-order chi connectivity index (χ0) is 13.1. The molecule has 0 atom stereocenters. The zero-order valence-corrected chi connectivity index (χ0v) is 13.4. The summed E-state index contributed by atoms with van der Waals surface area (Å²) in [5.41, 5.74) is 3.90. The van der Waals surface area contributed by atoms with Gasteiger partial charge in [0, 0.05) is 13.7 Å². The molecule has 2 nitrogen and oxygen atoms in total. The van der Waals surface area contributed by atoms with E-state index in [1.165, 1.54) is 9.13 Å². The van der Waals surface area contributed by atoms with Crippen LogP contribution >= 0.6 is 38.5 Å². The number of hydrogen-bond acceptors (Lipinski definition) is 2. The van der Waals surface area contributed by atoms with Crippen molar-refractivity contribution in [2.45, 2.75) is 6.92 Å². The van der Waals surface area contributed by atoms with Crippen LogP contribution in [0, 0.1) is 21.8 Å². The fourth-order valence-electron chi connectivity index (χ4n) is 1.57. The third-order valence-electron chi connectivity index (χ3n) is 2.64. The van der Waals surface area contributed by atoms with Crippen molar-refractivity contribution in [1.82, 2.24) is 0 Å². The maximum atomic E-state index is 8.83. The average molecular weight is 413 g/mol. The van der Waals surface area contributed by atoms with Gasteiger partial charge in [-0.15, -0.1) is 0 Å². The van der Waals surface area contributed by atoms with E-state index < -0.39 is 0 Å². The second-order valence-corrected chi connectivity index (χ2v) is 5.86. The molecular weight excluding hydrogens is 403 g/mol. The Morgan fingerprint density at radius 3 is 2.67 bits per heavy atom. The zero-order valence-electron chi connectivity index (χ0n) is 9.67. The van der Waals surface area contributed by atoms with Crippen molar-refractivity contribution in [3.8, 4) is 6.07 Å². The summed E-state index contributed by atoms with van der Waals surface area (Å²) in [6.07, 6.45) is 0. The van der Waals surface area contributed by atoms with E-state index in [9.17, 15) is 0 Å². The van der Waals surface area contributed by atoms with E-state index in [1.807, 2.05) is 24.3 Å². The monoisotopic (exact) mass is 412 g/mol. The molecule has 0 aliphatic rings. The van der Waals surface area contributed by atoms with E-state index in [0.717, 1.165) is 15.8 Å². The number of nitrogens with zero attached hydrogens (tertiary/aromatic N) is 1. The van der Waals surface area contributed by atoms with Crippen molar-refractivity contribution in [1.29, 1.82) is 5.26 Å².